The van der Waals surface area contributed by atoms with E-state index in [0.29, 0.717) is 29.7 Å². The van der Waals surface area contributed by atoms with Crippen molar-refractivity contribution >= 4 is 5.78 Å². The summed E-state index contributed by atoms with van der Waals surface area (Å²) in [5, 5.41) is 9.53. The summed E-state index contributed by atoms with van der Waals surface area (Å²) in [6, 6.07) is 10.00. The number of Topliss-reactive ketones (excluding diaryl/α,β-unsaturated/α-hetero) is 1. The first-order valence-corrected chi connectivity index (χ1v) is 7.73. The lowest BCUT2D eigenvalue weighted by atomic mass is 9.70. The average Bonchev–Trinajstić information content (AvgIpc) is 2.45. The molecule has 4 nitrogen and oxygen atoms in total. The van der Waals surface area contributed by atoms with E-state index in [-0.39, 0.29) is 17.1 Å². The molecule has 0 fully saturated rings. The predicted octanol–water partition coefficient (Wildman–Crippen LogP) is 3.45. The smallest absolute Gasteiger partial charge is 0.205 e. The normalized spacial score (nSPS) is 23.2. The van der Waals surface area contributed by atoms with Gasteiger partial charge in [-0.2, -0.15) is 5.26 Å². The maximum Gasteiger partial charge on any atom is 0.205 e. The van der Waals surface area contributed by atoms with Crippen molar-refractivity contribution in [3.8, 4) is 6.07 Å². The van der Waals surface area contributed by atoms with Crippen molar-refractivity contribution in [1.82, 2.24) is 0 Å². The highest BCUT2D eigenvalue weighted by molar-refractivity contribution is 6.00. The van der Waals surface area contributed by atoms with Crippen LogP contribution in [-0.2, 0) is 9.53 Å². The molecule has 0 bridgehead atoms. The van der Waals surface area contributed by atoms with Gasteiger partial charge in [-0.25, -0.2) is 0 Å². The molecule has 1 aromatic carbocycles. The summed E-state index contributed by atoms with van der Waals surface area (Å²) < 4.78 is 5.67. The zero-order chi connectivity index (χ0) is 16.8. The molecule has 0 saturated carbocycles. The molecule has 118 valence electrons. The number of carbonyl (C=O) groups is 1. The van der Waals surface area contributed by atoms with E-state index in [1.54, 1.807) is 0 Å². The molecule has 0 spiro atoms. The molecule has 1 aliphatic heterocycles. The second-order valence-corrected chi connectivity index (χ2v) is 7.11. The van der Waals surface area contributed by atoms with Gasteiger partial charge in [-0.05, 0) is 17.9 Å². The molecule has 4 heteroatoms. The maximum absolute atomic E-state index is 12.8. The summed E-state index contributed by atoms with van der Waals surface area (Å²) in [4.78, 5) is 12.8. The highest BCUT2D eigenvalue weighted by atomic mass is 16.5. The number of nitrogens with two attached hydrogens (primary N) is 1. The van der Waals surface area contributed by atoms with Crippen LogP contribution in [0, 0.1) is 23.7 Å². The zero-order valence-electron chi connectivity index (χ0n) is 13.6. The number of benzene rings is 1. The Hall–Kier alpha value is -2.54. The quantitative estimate of drug-likeness (QED) is 0.862. The highest BCUT2D eigenvalue weighted by Gasteiger charge is 2.42. The summed E-state index contributed by atoms with van der Waals surface area (Å²) in [6.45, 7) is 6.08. The third-order valence-electron chi connectivity index (χ3n) is 4.49. The second-order valence-electron chi connectivity index (χ2n) is 7.11. The summed E-state index contributed by atoms with van der Waals surface area (Å²) in [5.74, 6) is 0.352. The Morgan fingerprint density at radius 3 is 2.52 bits per heavy atom. The summed E-state index contributed by atoms with van der Waals surface area (Å²) in [7, 11) is 0. The van der Waals surface area contributed by atoms with Crippen molar-refractivity contribution in [2.45, 2.75) is 39.5 Å². The Bertz CT molecular complexity index is 777. The van der Waals surface area contributed by atoms with E-state index in [4.69, 9.17) is 10.5 Å². The van der Waals surface area contributed by atoms with Crippen molar-refractivity contribution in [3.05, 3.63) is 58.2 Å². The Kier molecular flexibility index (Phi) is 3.52. The summed E-state index contributed by atoms with van der Waals surface area (Å²) in [6.07, 6.45) is 1.10. The van der Waals surface area contributed by atoms with Crippen LogP contribution in [0.1, 0.15) is 43.7 Å². The van der Waals surface area contributed by atoms with Gasteiger partial charge < -0.3 is 10.5 Å². The molecular formula is C19H20N2O2. The van der Waals surface area contributed by atoms with Crippen LogP contribution in [0.2, 0.25) is 0 Å². The van der Waals surface area contributed by atoms with E-state index >= 15 is 0 Å². The highest BCUT2D eigenvalue weighted by Crippen LogP contribution is 2.47. The molecule has 1 heterocycles. The van der Waals surface area contributed by atoms with Crippen molar-refractivity contribution in [2.75, 3.05) is 0 Å². The number of ketones is 1. The zero-order valence-corrected chi connectivity index (χ0v) is 13.6. The molecule has 0 radical (unpaired) electrons. The molecule has 23 heavy (non-hydrogen) atoms. The van der Waals surface area contributed by atoms with Gasteiger partial charge >= 0.3 is 0 Å². The van der Waals surface area contributed by atoms with Crippen LogP contribution >= 0.6 is 0 Å². The molecule has 3 rings (SSSR count). The van der Waals surface area contributed by atoms with E-state index in [0.717, 1.165) is 11.1 Å². The first-order chi connectivity index (χ1) is 10.8. The molecule has 1 atom stereocenters. The Morgan fingerprint density at radius 2 is 1.91 bits per heavy atom. The van der Waals surface area contributed by atoms with E-state index in [1.807, 2.05) is 45.0 Å². The van der Waals surface area contributed by atoms with E-state index in [2.05, 4.69) is 6.07 Å². The van der Waals surface area contributed by atoms with E-state index < -0.39 is 5.92 Å². The van der Waals surface area contributed by atoms with E-state index in [9.17, 15) is 10.1 Å². The largest absolute Gasteiger partial charge is 0.444 e. The van der Waals surface area contributed by atoms with E-state index in [1.165, 1.54) is 0 Å². The number of allylic oxidation sites excluding steroid dienone is 3. The fourth-order valence-electron chi connectivity index (χ4n) is 3.38. The van der Waals surface area contributed by atoms with Gasteiger partial charge in [-0.1, -0.05) is 43.7 Å². The Morgan fingerprint density at radius 1 is 1.26 bits per heavy atom. The number of ether oxygens (including phenoxy) is 1. The van der Waals surface area contributed by atoms with Gasteiger partial charge in [0, 0.05) is 18.4 Å². The standard InChI is InChI=1S/C19H20N2O2/c1-11-4-6-12(7-5-11)16-13(10-20)18(21)23-15-9-19(2,3)8-14(22)17(15)16/h4-7,16H,8-9,21H2,1-3H3/t16-/m0/s1. The first-order valence-electron chi connectivity index (χ1n) is 7.73. The minimum absolute atomic E-state index is 0.0436. The number of rotatable bonds is 1. The van der Waals surface area contributed by atoms with Crippen molar-refractivity contribution < 1.29 is 9.53 Å². The van der Waals surface area contributed by atoms with Crippen LogP contribution in [0.4, 0.5) is 0 Å². The summed E-state index contributed by atoms with van der Waals surface area (Å²) >= 11 is 0. The molecule has 0 saturated heterocycles. The number of hydrogen-bond donors (Lipinski definition) is 1. The van der Waals surface area contributed by atoms with Gasteiger partial charge in [0.05, 0.1) is 5.92 Å². The third-order valence-corrected chi connectivity index (χ3v) is 4.49. The molecular weight excluding hydrogens is 288 g/mol. The van der Waals surface area contributed by atoms with Crippen LogP contribution in [0.25, 0.3) is 0 Å². The van der Waals surface area contributed by atoms with Crippen LogP contribution in [0.3, 0.4) is 0 Å². The topological polar surface area (TPSA) is 76.1 Å². The van der Waals surface area contributed by atoms with Crippen LogP contribution in [0.5, 0.6) is 0 Å². The average molecular weight is 308 g/mol. The lowest BCUT2D eigenvalue weighted by Crippen LogP contribution is -2.33. The molecule has 0 amide bonds. The molecule has 1 aliphatic carbocycles. The van der Waals surface area contributed by atoms with Gasteiger partial charge in [-0.15, -0.1) is 0 Å². The predicted molar refractivity (Wildman–Crippen MR) is 86.9 cm³/mol. The Labute approximate surface area is 136 Å². The molecule has 0 aromatic heterocycles. The van der Waals surface area contributed by atoms with Gasteiger partial charge in [0.15, 0.2) is 5.78 Å². The third kappa shape index (κ3) is 2.63. The van der Waals surface area contributed by atoms with Gasteiger partial charge in [0.25, 0.3) is 0 Å². The lowest BCUT2D eigenvalue weighted by molar-refractivity contribution is -0.119. The van der Waals surface area contributed by atoms with Gasteiger partial charge in [0.2, 0.25) is 5.88 Å². The maximum atomic E-state index is 12.8. The van der Waals surface area contributed by atoms with Gasteiger partial charge in [0.1, 0.15) is 17.4 Å². The van der Waals surface area contributed by atoms with Crippen molar-refractivity contribution in [1.29, 1.82) is 5.26 Å². The first kappa shape index (κ1) is 15.4. The summed E-state index contributed by atoms with van der Waals surface area (Å²) in [5.41, 5.74) is 8.77. The number of carbonyl (C=O) groups excluding carboxylic acids is 1. The molecule has 1 aromatic rings. The lowest BCUT2D eigenvalue weighted by Gasteiger charge is -2.37. The van der Waals surface area contributed by atoms with Crippen LogP contribution < -0.4 is 5.73 Å². The molecule has 2 aliphatic rings. The van der Waals surface area contributed by atoms with Gasteiger partial charge in [-0.3, -0.25) is 4.79 Å². The number of nitrogens with zero attached hydrogens (tertiary/aromatic N) is 1. The SMILES string of the molecule is Cc1ccc([C@H]2C(C#N)=C(N)OC3=C2C(=O)CC(C)(C)C3)cc1. The monoisotopic (exact) mass is 308 g/mol. The minimum atomic E-state index is -0.423. The number of nitriles is 1. The fraction of sp³-hybridized carbons (Fsp3) is 0.368. The number of aryl methyl sites for hydroxylation is 1. The van der Waals surface area contributed by atoms with Crippen molar-refractivity contribution in [3.63, 3.8) is 0 Å². The van der Waals surface area contributed by atoms with Crippen LogP contribution in [-0.4, -0.2) is 5.78 Å². The fourth-order valence-corrected chi connectivity index (χ4v) is 3.38. The second kappa shape index (κ2) is 5.27. The minimum Gasteiger partial charge on any atom is -0.444 e. The molecule has 0 unspecified atom stereocenters. The van der Waals surface area contributed by atoms with Crippen LogP contribution in [0.15, 0.2) is 47.1 Å². The molecule has 2 N–H and O–H groups in total. The number of hydrogen-bond acceptors (Lipinski definition) is 4. The Balaban J connectivity index is 2.17. The van der Waals surface area contributed by atoms with Crippen molar-refractivity contribution in [2.24, 2.45) is 11.1 Å².